The normalized spacial score (nSPS) is 20.2. The minimum atomic E-state index is 0.0984. The highest BCUT2D eigenvalue weighted by atomic mass is 16.1. The van der Waals surface area contributed by atoms with Crippen molar-refractivity contribution in [3.63, 3.8) is 0 Å². The summed E-state index contributed by atoms with van der Waals surface area (Å²) in [6.45, 7) is 2.93. The average Bonchev–Trinajstić information content (AvgIpc) is 3.03. The zero-order valence-corrected chi connectivity index (χ0v) is 14.1. The standard InChI is InChI=1S/C20H20N4O/c25-20-16-7-6-14(17-5-1-2-9-21-17)12-18(16)22-19-8-11-23-10-3-4-15(23)13-24(19)20/h1-2,5-7,9,12,15H,3-4,8,10-11,13H2. The molecule has 0 spiro atoms. The Morgan fingerprint density at radius 1 is 1.12 bits per heavy atom. The minimum absolute atomic E-state index is 0.0984. The van der Waals surface area contributed by atoms with Crippen molar-refractivity contribution in [1.29, 1.82) is 0 Å². The van der Waals surface area contributed by atoms with Crippen LogP contribution in [0.4, 0.5) is 0 Å². The molecule has 1 saturated heterocycles. The molecule has 1 unspecified atom stereocenters. The van der Waals surface area contributed by atoms with Crippen LogP contribution in [0.15, 0.2) is 47.4 Å². The van der Waals surface area contributed by atoms with Crippen LogP contribution in [0, 0.1) is 0 Å². The third kappa shape index (κ3) is 2.46. The number of pyridine rings is 1. The van der Waals surface area contributed by atoms with Gasteiger partial charge in [-0.15, -0.1) is 0 Å². The van der Waals surface area contributed by atoms with Gasteiger partial charge in [0.25, 0.3) is 5.56 Å². The van der Waals surface area contributed by atoms with Gasteiger partial charge in [-0.3, -0.25) is 19.2 Å². The lowest BCUT2D eigenvalue weighted by Gasteiger charge is -2.20. The largest absolute Gasteiger partial charge is 0.298 e. The Balaban J connectivity index is 1.64. The van der Waals surface area contributed by atoms with E-state index in [9.17, 15) is 4.79 Å². The van der Waals surface area contributed by atoms with Crippen LogP contribution in [-0.4, -0.2) is 38.6 Å². The predicted molar refractivity (Wildman–Crippen MR) is 97.5 cm³/mol. The van der Waals surface area contributed by atoms with Gasteiger partial charge in [-0.25, -0.2) is 4.98 Å². The van der Waals surface area contributed by atoms with Crippen LogP contribution < -0.4 is 5.56 Å². The highest BCUT2D eigenvalue weighted by molar-refractivity contribution is 5.83. The Kier molecular flexibility index (Phi) is 3.41. The predicted octanol–water partition coefficient (Wildman–Crippen LogP) is 2.48. The van der Waals surface area contributed by atoms with E-state index in [1.54, 1.807) is 6.20 Å². The Labute approximate surface area is 146 Å². The van der Waals surface area contributed by atoms with Crippen LogP contribution in [0.25, 0.3) is 22.2 Å². The number of rotatable bonds is 1. The molecule has 1 fully saturated rings. The van der Waals surface area contributed by atoms with Gasteiger partial charge in [0, 0.05) is 37.3 Å². The Morgan fingerprint density at radius 3 is 2.96 bits per heavy atom. The van der Waals surface area contributed by atoms with Crippen molar-refractivity contribution >= 4 is 10.9 Å². The first-order valence-corrected chi connectivity index (χ1v) is 8.98. The van der Waals surface area contributed by atoms with Crippen molar-refractivity contribution < 1.29 is 0 Å². The summed E-state index contributed by atoms with van der Waals surface area (Å²) in [6.07, 6.45) is 5.05. The van der Waals surface area contributed by atoms with Gasteiger partial charge < -0.3 is 0 Å². The van der Waals surface area contributed by atoms with Crippen molar-refractivity contribution in [3.8, 4) is 11.3 Å². The lowest BCUT2D eigenvalue weighted by molar-refractivity contribution is 0.250. The van der Waals surface area contributed by atoms with E-state index < -0.39 is 0 Å². The van der Waals surface area contributed by atoms with E-state index >= 15 is 0 Å². The van der Waals surface area contributed by atoms with Gasteiger partial charge in [-0.2, -0.15) is 0 Å². The number of benzene rings is 1. The molecule has 5 nitrogen and oxygen atoms in total. The average molecular weight is 332 g/mol. The smallest absolute Gasteiger partial charge is 0.261 e. The first-order chi connectivity index (χ1) is 12.3. The molecule has 0 radical (unpaired) electrons. The molecule has 1 atom stereocenters. The van der Waals surface area contributed by atoms with Crippen LogP contribution in [0.1, 0.15) is 18.7 Å². The molecule has 25 heavy (non-hydrogen) atoms. The molecule has 126 valence electrons. The summed E-state index contributed by atoms with van der Waals surface area (Å²) in [6, 6.07) is 12.2. The summed E-state index contributed by atoms with van der Waals surface area (Å²) in [5.74, 6) is 0.921. The zero-order chi connectivity index (χ0) is 16.8. The van der Waals surface area contributed by atoms with E-state index in [2.05, 4.69) is 9.88 Å². The van der Waals surface area contributed by atoms with Crippen LogP contribution >= 0.6 is 0 Å². The molecule has 3 aromatic rings. The second-order valence-electron chi connectivity index (χ2n) is 6.97. The minimum Gasteiger partial charge on any atom is -0.298 e. The summed E-state index contributed by atoms with van der Waals surface area (Å²) >= 11 is 0. The second kappa shape index (κ2) is 5.77. The zero-order valence-electron chi connectivity index (χ0n) is 14.1. The van der Waals surface area contributed by atoms with Gasteiger partial charge in [0.15, 0.2) is 0 Å². The van der Waals surface area contributed by atoms with Crippen molar-refractivity contribution in [1.82, 2.24) is 19.4 Å². The number of nitrogens with zero attached hydrogens (tertiary/aromatic N) is 4. The highest BCUT2D eigenvalue weighted by Gasteiger charge is 2.29. The van der Waals surface area contributed by atoms with Gasteiger partial charge in [-0.05, 0) is 43.7 Å². The van der Waals surface area contributed by atoms with Gasteiger partial charge in [0.05, 0.1) is 16.6 Å². The monoisotopic (exact) mass is 332 g/mol. The maximum Gasteiger partial charge on any atom is 0.261 e. The van der Waals surface area contributed by atoms with Gasteiger partial charge in [-0.1, -0.05) is 12.1 Å². The second-order valence-corrected chi connectivity index (χ2v) is 6.97. The molecule has 0 aliphatic carbocycles. The number of hydrogen-bond donors (Lipinski definition) is 0. The molecule has 0 amide bonds. The van der Waals surface area contributed by atoms with Crippen molar-refractivity contribution in [2.24, 2.45) is 0 Å². The molecule has 2 aliphatic heterocycles. The van der Waals surface area contributed by atoms with E-state index in [0.29, 0.717) is 11.4 Å². The first kappa shape index (κ1) is 14.8. The van der Waals surface area contributed by atoms with E-state index in [1.807, 2.05) is 41.0 Å². The Bertz CT molecular complexity index is 996. The van der Waals surface area contributed by atoms with Crippen molar-refractivity contribution in [2.45, 2.75) is 31.8 Å². The molecule has 2 aliphatic rings. The van der Waals surface area contributed by atoms with Gasteiger partial charge in [0.1, 0.15) is 5.82 Å². The summed E-state index contributed by atoms with van der Waals surface area (Å²) in [7, 11) is 0. The van der Waals surface area contributed by atoms with E-state index in [1.165, 1.54) is 12.8 Å². The third-order valence-electron chi connectivity index (χ3n) is 5.51. The molecule has 2 aromatic heterocycles. The fourth-order valence-corrected chi connectivity index (χ4v) is 4.19. The molecule has 5 heteroatoms. The fraction of sp³-hybridized carbons (Fsp3) is 0.350. The molecule has 0 N–H and O–H groups in total. The Hall–Kier alpha value is -2.53. The number of hydrogen-bond acceptors (Lipinski definition) is 4. The number of aromatic nitrogens is 3. The number of fused-ring (bicyclic) bond motifs is 3. The molecule has 1 aromatic carbocycles. The first-order valence-electron chi connectivity index (χ1n) is 8.98. The van der Waals surface area contributed by atoms with Gasteiger partial charge in [0.2, 0.25) is 0 Å². The molecular formula is C20H20N4O. The third-order valence-corrected chi connectivity index (χ3v) is 5.51. The lowest BCUT2D eigenvalue weighted by atomic mass is 10.1. The van der Waals surface area contributed by atoms with E-state index in [4.69, 9.17) is 4.98 Å². The maximum absolute atomic E-state index is 13.1. The maximum atomic E-state index is 13.1. The van der Waals surface area contributed by atoms with Crippen LogP contribution in [0.3, 0.4) is 0 Å². The SMILES string of the molecule is O=c1c2ccc(-c3ccccn3)cc2nc2n1CC1CCCN1CC2. The summed E-state index contributed by atoms with van der Waals surface area (Å²) < 4.78 is 1.92. The fourth-order valence-electron chi connectivity index (χ4n) is 4.19. The topological polar surface area (TPSA) is 51.0 Å². The van der Waals surface area contributed by atoms with Crippen molar-refractivity contribution in [2.75, 3.05) is 13.1 Å². The lowest BCUT2D eigenvalue weighted by Crippen LogP contribution is -2.34. The van der Waals surface area contributed by atoms with E-state index in [0.717, 1.165) is 48.7 Å². The van der Waals surface area contributed by atoms with Crippen LogP contribution in [0.2, 0.25) is 0 Å². The van der Waals surface area contributed by atoms with Crippen LogP contribution in [0.5, 0.6) is 0 Å². The summed E-state index contributed by atoms with van der Waals surface area (Å²) in [5.41, 5.74) is 2.78. The quantitative estimate of drug-likeness (QED) is 0.687. The molecule has 5 rings (SSSR count). The highest BCUT2D eigenvalue weighted by Crippen LogP contribution is 2.24. The Morgan fingerprint density at radius 2 is 2.08 bits per heavy atom. The summed E-state index contributed by atoms with van der Waals surface area (Å²) in [4.78, 5) is 24.8. The van der Waals surface area contributed by atoms with E-state index in [-0.39, 0.29) is 5.56 Å². The molecule has 0 bridgehead atoms. The molecule has 4 heterocycles. The molecule has 0 saturated carbocycles. The van der Waals surface area contributed by atoms with Crippen LogP contribution in [-0.2, 0) is 13.0 Å². The molecular weight excluding hydrogens is 312 g/mol. The van der Waals surface area contributed by atoms with Crippen molar-refractivity contribution in [3.05, 3.63) is 58.8 Å². The summed E-state index contributed by atoms with van der Waals surface area (Å²) in [5, 5.41) is 0.704. The van der Waals surface area contributed by atoms with Gasteiger partial charge >= 0.3 is 0 Å².